The van der Waals surface area contributed by atoms with Crippen LogP contribution in [0.4, 0.5) is 0 Å². The summed E-state index contributed by atoms with van der Waals surface area (Å²) in [6.07, 6.45) is 10.7. The zero-order valence-corrected chi connectivity index (χ0v) is 8.23. The lowest BCUT2D eigenvalue weighted by Gasteiger charge is -2.00. The molecule has 12 heavy (non-hydrogen) atoms. The highest BCUT2D eigenvalue weighted by atomic mass is 14.9. The largest absolute Gasteiger partial charge is 0.377 e. The molecule has 0 atom stereocenters. The van der Waals surface area contributed by atoms with Crippen LogP contribution in [-0.2, 0) is 0 Å². The molecule has 0 radical (unpaired) electrons. The maximum atomic E-state index is 6.74. The standard InChI is InChI=1S/C10H22N2/c1-2-3-4-5-6-7-8-9-12-10-11/h10H,2-9H2,1H3,(H2,11,12). The van der Waals surface area contributed by atoms with E-state index in [9.17, 15) is 0 Å². The third-order valence-electron chi connectivity index (χ3n) is 2.03. The van der Waals surface area contributed by atoms with Crippen molar-refractivity contribution in [3.8, 4) is 0 Å². The first-order valence-corrected chi connectivity index (χ1v) is 5.14. The van der Waals surface area contributed by atoms with E-state index in [1.165, 1.54) is 51.3 Å². The van der Waals surface area contributed by atoms with Gasteiger partial charge in [0.2, 0.25) is 0 Å². The number of unbranched alkanes of at least 4 members (excludes halogenated alkanes) is 6. The van der Waals surface area contributed by atoms with Gasteiger partial charge in [0.1, 0.15) is 0 Å². The van der Waals surface area contributed by atoms with Crippen molar-refractivity contribution in [2.24, 2.45) is 0 Å². The van der Waals surface area contributed by atoms with Gasteiger partial charge < -0.3 is 5.32 Å². The van der Waals surface area contributed by atoms with Crippen molar-refractivity contribution in [2.75, 3.05) is 6.54 Å². The average molecular weight is 170 g/mol. The molecule has 2 nitrogen and oxygen atoms in total. The van der Waals surface area contributed by atoms with Crippen LogP contribution in [0.15, 0.2) is 0 Å². The maximum Gasteiger partial charge on any atom is 0.0791 e. The lowest BCUT2D eigenvalue weighted by molar-refractivity contribution is 0.586. The zero-order chi connectivity index (χ0) is 9.07. The van der Waals surface area contributed by atoms with Gasteiger partial charge in [0.05, 0.1) is 6.34 Å². The second-order valence-electron chi connectivity index (χ2n) is 3.22. The Morgan fingerprint density at radius 3 is 2.17 bits per heavy atom. The van der Waals surface area contributed by atoms with Crippen molar-refractivity contribution in [1.82, 2.24) is 5.32 Å². The highest BCUT2D eigenvalue weighted by Crippen LogP contribution is 2.05. The Morgan fingerprint density at radius 2 is 1.58 bits per heavy atom. The molecule has 0 aromatic carbocycles. The van der Waals surface area contributed by atoms with E-state index in [0.29, 0.717) is 0 Å². The summed E-state index contributed by atoms with van der Waals surface area (Å²) in [5.74, 6) is 0. The van der Waals surface area contributed by atoms with Crippen molar-refractivity contribution in [1.29, 1.82) is 5.41 Å². The summed E-state index contributed by atoms with van der Waals surface area (Å²) in [6, 6.07) is 0. The molecule has 72 valence electrons. The summed E-state index contributed by atoms with van der Waals surface area (Å²) in [7, 11) is 0. The zero-order valence-electron chi connectivity index (χ0n) is 8.23. The Hall–Kier alpha value is -0.530. The van der Waals surface area contributed by atoms with Crippen LogP contribution in [0.25, 0.3) is 0 Å². The van der Waals surface area contributed by atoms with Crippen molar-refractivity contribution >= 4 is 6.34 Å². The minimum Gasteiger partial charge on any atom is -0.377 e. The summed E-state index contributed by atoms with van der Waals surface area (Å²) >= 11 is 0. The van der Waals surface area contributed by atoms with Gasteiger partial charge in [0.15, 0.2) is 0 Å². The van der Waals surface area contributed by atoms with Crippen molar-refractivity contribution in [3.05, 3.63) is 0 Å². The van der Waals surface area contributed by atoms with Gasteiger partial charge in [0, 0.05) is 6.54 Å². The van der Waals surface area contributed by atoms with Crippen LogP contribution in [0.2, 0.25) is 0 Å². The van der Waals surface area contributed by atoms with E-state index in [1.807, 2.05) is 0 Å². The summed E-state index contributed by atoms with van der Waals surface area (Å²) < 4.78 is 0. The van der Waals surface area contributed by atoms with Gasteiger partial charge in [-0.25, -0.2) is 0 Å². The molecule has 0 aromatic heterocycles. The molecule has 0 amide bonds. The molecule has 0 spiro atoms. The molecule has 0 fully saturated rings. The summed E-state index contributed by atoms with van der Waals surface area (Å²) in [5, 5.41) is 9.63. The fourth-order valence-electron chi connectivity index (χ4n) is 1.26. The second-order valence-corrected chi connectivity index (χ2v) is 3.22. The first-order valence-electron chi connectivity index (χ1n) is 5.14. The van der Waals surface area contributed by atoms with E-state index >= 15 is 0 Å². The Kier molecular flexibility index (Phi) is 10.0. The monoisotopic (exact) mass is 170 g/mol. The first kappa shape index (κ1) is 11.5. The van der Waals surface area contributed by atoms with Gasteiger partial charge >= 0.3 is 0 Å². The summed E-state index contributed by atoms with van der Waals surface area (Å²) in [4.78, 5) is 0. The smallest absolute Gasteiger partial charge is 0.0791 e. The van der Waals surface area contributed by atoms with Crippen LogP contribution in [-0.4, -0.2) is 12.9 Å². The van der Waals surface area contributed by atoms with Crippen LogP contribution in [0.1, 0.15) is 51.9 Å². The van der Waals surface area contributed by atoms with Crippen LogP contribution in [0, 0.1) is 5.41 Å². The summed E-state index contributed by atoms with van der Waals surface area (Å²) in [6.45, 7) is 3.21. The molecule has 0 saturated carbocycles. The van der Waals surface area contributed by atoms with Crippen molar-refractivity contribution in [3.63, 3.8) is 0 Å². The Labute approximate surface area is 76.3 Å². The normalized spacial score (nSPS) is 9.75. The molecule has 0 aromatic rings. The molecule has 0 heterocycles. The average Bonchev–Trinajstić information content (AvgIpc) is 2.10. The SMILES string of the molecule is CCCCCCCCCNC=N. The maximum absolute atomic E-state index is 6.74. The first-order chi connectivity index (χ1) is 5.91. The van der Waals surface area contributed by atoms with Crippen molar-refractivity contribution in [2.45, 2.75) is 51.9 Å². The van der Waals surface area contributed by atoms with Gasteiger partial charge in [-0.3, -0.25) is 5.41 Å². The van der Waals surface area contributed by atoms with Gasteiger partial charge in [-0.15, -0.1) is 0 Å². The second kappa shape index (κ2) is 10.5. The van der Waals surface area contributed by atoms with E-state index in [0.717, 1.165) is 6.54 Å². The number of hydrogen-bond acceptors (Lipinski definition) is 1. The minimum absolute atomic E-state index is 0.970. The topological polar surface area (TPSA) is 35.9 Å². The van der Waals surface area contributed by atoms with Crippen molar-refractivity contribution < 1.29 is 0 Å². The third kappa shape index (κ3) is 9.47. The summed E-state index contributed by atoms with van der Waals surface area (Å²) in [5.41, 5.74) is 0. The van der Waals surface area contributed by atoms with Gasteiger partial charge in [0.25, 0.3) is 0 Å². The van der Waals surface area contributed by atoms with Crippen LogP contribution in [0.3, 0.4) is 0 Å². The molecule has 0 rings (SSSR count). The number of nitrogens with one attached hydrogen (secondary N) is 2. The lowest BCUT2D eigenvalue weighted by atomic mass is 10.1. The third-order valence-corrected chi connectivity index (χ3v) is 2.03. The van der Waals surface area contributed by atoms with E-state index in [4.69, 9.17) is 5.41 Å². The predicted octanol–water partition coefficient (Wildman–Crippen LogP) is 2.93. The molecule has 0 bridgehead atoms. The van der Waals surface area contributed by atoms with E-state index in [-0.39, 0.29) is 0 Å². The molecule has 0 aliphatic rings. The van der Waals surface area contributed by atoms with Gasteiger partial charge in [-0.05, 0) is 6.42 Å². The quantitative estimate of drug-likeness (QED) is 0.311. The molecule has 0 aliphatic heterocycles. The molecular weight excluding hydrogens is 148 g/mol. The molecule has 0 aliphatic carbocycles. The Bertz CT molecular complexity index is 91.8. The van der Waals surface area contributed by atoms with E-state index < -0.39 is 0 Å². The minimum atomic E-state index is 0.970. The van der Waals surface area contributed by atoms with E-state index in [1.54, 1.807) is 0 Å². The van der Waals surface area contributed by atoms with Crippen LogP contribution >= 0.6 is 0 Å². The highest BCUT2D eigenvalue weighted by molar-refractivity contribution is 5.49. The van der Waals surface area contributed by atoms with Gasteiger partial charge in [-0.2, -0.15) is 0 Å². The Morgan fingerprint density at radius 1 is 1.00 bits per heavy atom. The lowest BCUT2D eigenvalue weighted by Crippen LogP contribution is -2.11. The molecule has 2 N–H and O–H groups in total. The molecular formula is C10H22N2. The van der Waals surface area contributed by atoms with E-state index in [2.05, 4.69) is 12.2 Å². The van der Waals surface area contributed by atoms with Crippen LogP contribution in [0.5, 0.6) is 0 Å². The van der Waals surface area contributed by atoms with Crippen LogP contribution < -0.4 is 5.32 Å². The molecule has 2 heteroatoms. The number of hydrogen-bond donors (Lipinski definition) is 2. The predicted molar refractivity (Wildman–Crippen MR) is 54.8 cm³/mol. The molecule has 0 saturated heterocycles. The fraction of sp³-hybridized carbons (Fsp3) is 0.900. The number of rotatable bonds is 9. The van der Waals surface area contributed by atoms with Gasteiger partial charge in [-0.1, -0.05) is 45.4 Å². The Balaban J connectivity index is 2.77. The fourth-order valence-corrected chi connectivity index (χ4v) is 1.26. The molecule has 0 unspecified atom stereocenters. The highest BCUT2D eigenvalue weighted by Gasteiger charge is 1.89.